The van der Waals surface area contributed by atoms with Gasteiger partial charge in [0.25, 0.3) is 0 Å². The zero-order valence-corrected chi connectivity index (χ0v) is 18.6. The van der Waals surface area contributed by atoms with E-state index in [9.17, 15) is 13.2 Å². The van der Waals surface area contributed by atoms with E-state index >= 15 is 0 Å². The summed E-state index contributed by atoms with van der Waals surface area (Å²) in [5.74, 6) is -0.0478. The van der Waals surface area contributed by atoms with Gasteiger partial charge in [-0.3, -0.25) is 4.79 Å². The second-order valence-electron chi connectivity index (χ2n) is 7.16. The zero-order chi connectivity index (χ0) is 21.7. The molecule has 30 heavy (non-hydrogen) atoms. The van der Waals surface area contributed by atoms with E-state index in [-0.39, 0.29) is 16.6 Å². The summed E-state index contributed by atoms with van der Waals surface area (Å²) in [6, 6.07) is 10.1. The Kier molecular flexibility index (Phi) is 7.18. The van der Waals surface area contributed by atoms with Crippen LogP contribution in [0.2, 0.25) is 5.02 Å². The molecular formula is C22H25ClN2O4S. The second-order valence-corrected chi connectivity index (χ2v) is 9.50. The van der Waals surface area contributed by atoms with Crippen molar-refractivity contribution in [1.82, 2.24) is 4.31 Å². The third kappa shape index (κ3) is 5.22. The van der Waals surface area contributed by atoms with E-state index in [0.717, 1.165) is 24.8 Å². The van der Waals surface area contributed by atoms with Gasteiger partial charge in [-0.2, -0.15) is 4.31 Å². The number of carbonyl (C=O) groups is 1. The number of anilines is 1. The fraction of sp³-hybridized carbons (Fsp3) is 0.318. The molecule has 3 rings (SSSR count). The Morgan fingerprint density at radius 1 is 1.13 bits per heavy atom. The summed E-state index contributed by atoms with van der Waals surface area (Å²) in [6.07, 6.45) is 5.67. The quantitative estimate of drug-likeness (QED) is 0.661. The van der Waals surface area contributed by atoms with Crippen LogP contribution in [-0.2, 0) is 14.8 Å². The van der Waals surface area contributed by atoms with Crippen molar-refractivity contribution in [2.24, 2.45) is 0 Å². The summed E-state index contributed by atoms with van der Waals surface area (Å²) < 4.78 is 33.0. The molecule has 0 spiro atoms. The van der Waals surface area contributed by atoms with E-state index in [1.165, 1.54) is 23.6 Å². The lowest BCUT2D eigenvalue weighted by Crippen LogP contribution is -2.35. The van der Waals surface area contributed by atoms with Gasteiger partial charge in [-0.25, -0.2) is 8.42 Å². The maximum Gasteiger partial charge on any atom is 0.248 e. The van der Waals surface area contributed by atoms with Crippen molar-refractivity contribution >= 4 is 39.3 Å². The van der Waals surface area contributed by atoms with Gasteiger partial charge in [-0.15, -0.1) is 0 Å². The molecule has 1 heterocycles. The number of carbonyl (C=O) groups excluding carboxylic acids is 1. The highest BCUT2D eigenvalue weighted by Gasteiger charge is 2.29. The van der Waals surface area contributed by atoms with Crippen molar-refractivity contribution in [1.29, 1.82) is 0 Å². The highest BCUT2D eigenvalue weighted by atomic mass is 35.5. The molecule has 0 bridgehead atoms. The van der Waals surface area contributed by atoms with Crippen molar-refractivity contribution < 1.29 is 17.9 Å². The van der Waals surface area contributed by atoms with Gasteiger partial charge in [-0.1, -0.05) is 30.2 Å². The Morgan fingerprint density at radius 2 is 1.87 bits per heavy atom. The molecule has 1 N–H and O–H groups in total. The lowest BCUT2D eigenvalue weighted by Gasteiger charge is -2.26. The molecule has 0 saturated carbocycles. The number of ether oxygens (including phenoxy) is 1. The van der Waals surface area contributed by atoms with E-state index in [0.29, 0.717) is 29.4 Å². The van der Waals surface area contributed by atoms with E-state index in [1.54, 1.807) is 30.3 Å². The Bertz CT molecular complexity index is 1060. The Labute approximate surface area is 182 Å². The van der Waals surface area contributed by atoms with Crippen LogP contribution in [0.25, 0.3) is 6.08 Å². The molecule has 1 aliphatic rings. The SMILES string of the molecule is COc1ccc(/C=C/C(=O)Nc2cc(Cl)ccc2C)cc1S(=O)(=O)N1CCCCC1. The van der Waals surface area contributed by atoms with Gasteiger partial charge in [0.2, 0.25) is 15.9 Å². The number of amides is 1. The summed E-state index contributed by atoms with van der Waals surface area (Å²) in [7, 11) is -2.22. The zero-order valence-electron chi connectivity index (χ0n) is 17.0. The molecule has 0 aliphatic carbocycles. The molecule has 0 atom stereocenters. The molecule has 0 radical (unpaired) electrons. The minimum Gasteiger partial charge on any atom is -0.495 e. The minimum atomic E-state index is -3.67. The van der Waals surface area contributed by atoms with Gasteiger partial charge in [0.05, 0.1) is 7.11 Å². The number of rotatable bonds is 6. The van der Waals surface area contributed by atoms with Crippen LogP contribution in [-0.4, -0.2) is 38.8 Å². The van der Waals surface area contributed by atoms with Gasteiger partial charge >= 0.3 is 0 Å². The van der Waals surface area contributed by atoms with Gasteiger partial charge in [0.1, 0.15) is 10.6 Å². The lowest BCUT2D eigenvalue weighted by molar-refractivity contribution is -0.111. The summed E-state index contributed by atoms with van der Waals surface area (Å²) in [4.78, 5) is 12.4. The predicted octanol–water partition coefficient (Wildman–Crippen LogP) is 4.48. The van der Waals surface area contributed by atoms with Crippen LogP contribution in [0.4, 0.5) is 5.69 Å². The number of hydrogen-bond acceptors (Lipinski definition) is 4. The largest absolute Gasteiger partial charge is 0.495 e. The lowest BCUT2D eigenvalue weighted by atomic mass is 10.2. The van der Waals surface area contributed by atoms with Gasteiger partial charge in [-0.05, 0) is 61.2 Å². The van der Waals surface area contributed by atoms with E-state index in [2.05, 4.69) is 5.32 Å². The fourth-order valence-electron chi connectivity index (χ4n) is 3.32. The Hall–Kier alpha value is -2.35. The third-order valence-electron chi connectivity index (χ3n) is 5.01. The van der Waals surface area contributed by atoms with Crippen LogP contribution in [0.3, 0.4) is 0 Å². The van der Waals surface area contributed by atoms with Gasteiger partial charge in [0, 0.05) is 29.9 Å². The smallest absolute Gasteiger partial charge is 0.248 e. The number of piperidine rings is 1. The average Bonchev–Trinajstić information content (AvgIpc) is 2.75. The molecule has 1 fully saturated rings. The summed E-state index contributed by atoms with van der Waals surface area (Å²) in [5.41, 5.74) is 2.10. The maximum atomic E-state index is 13.1. The first-order valence-corrected chi connectivity index (χ1v) is 11.6. The first-order valence-electron chi connectivity index (χ1n) is 9.74. The molecule has 0 aromatic heterocycles. The summed E-state index contributed by atoms with van der Waals surface area (Å²) >= 11 is 5.98. The van der Waals surface area contributed by atoms with Crippen molar-refractivity contribution in [3.8, 4) is 5.75 Å². The number of methoxy groups -OCH3 is 1. The number of halogens is 1. The topological polar surface area (TPSA) is 75.7 Å². The van der Waals surface area contributed by atoms with Crippen LogP contribution >= 0.6 is 11.6 Å². The van der Waals surface area contributed by atoms with Gasteiger partial charge in [0.15, 0.2) is 0 Å². The molecule has 160 valence electrons. The first kappa shape index (κ1) is 22.3. The van der Waals surface area contributed by atoms with E-state index in [4.69, 9.17) is 16.3 Å². The fourth-order valence-corrected chi connectivity index (χ4v) is 5.20. The van der Waals surface area contributed by atoms with E-state index < -0.39 is 10.0 Å². The van der Waals surface area contributed by atoms with Crippen LogP contribution in [0.5, 0.6) is 5.75 Å². The molecule has 8 heteroatoms. The number of hydrogen-bond donors (Lipinski definition) is 1. The average molecular weight is 449 g/mol. The highest BCUT2D eigenvalue weighted by molar-refractivity contribution is 7.89. The summed E-state index contributed by atoms with van der Waals surface area (Å²) in [5, 5.41) is 3.31. The van der Waals surface area contributed by atoms with Crippen molar-refractivity contribution in [2.45, 2.75) is 31.1 Å². The second kappa shape index (κ2) is 9.64. The molecule has 6 nitrogen and oxygen atoms in total. The monoisotopic (exact) mass is 448 g/mol. The van der Waals surface area contributed by atoms with Crippen LogP contribution in [0, 0.1) is 6.92 Å². The molecule has 1 aliphatic heterocycles. The molecule has 1 amide bonds. The molecule has 2 aromatic rings. The number of benzene rings is 2. The molecule has 0 unspecified atom stereocenters. The third-order valence-corrected chi connectivity index (χ3v) is 7.16. The van der Waals surface area contributed by atoms with Crippen molar-refractivity contribution in [3.05, 3.63) is 58.6 Å². The number of nitrogens with zero attached hydrogens (tertiary/aromatic N) is 1. The molecule has 1 saturated heterocycles. The Morgan fingerprint density at radius 3 is 2.57 bits per heavy atom. The standard InChI is InChI=1S/C22H25ClN2O4S/c1-16-6-9-18(23)15-19(16)24-22(26)11-8-17-7-10-20(29-2)21(14-17)30(27,28)25-12-4-3-5-13-25/h6-11,14-15H,3-5,12-13H2,1-2H3,(H,24,26)/b11-8+. The first-order chi connectivity index (χ1) is 14.3. The molecular weight excluding hydrogens is 424 g/mol. The van der Waals surface area contributed by atoms with E-state index in [1.807, 2.05) is 13.0 Å². The predicted molar refractivity (Wildman–Crippen MR) is 119 cm³/mol. The van der Waals surface area contributed by atoms with Crippen LogP contribution in [0.15, 0.2) is 47.4 Å². The van der Waals surface area contributed by atoms with Crippen LogP contribution in [0.1, 0.15) is 30.4 Å². The van der Waals surface area contributed by atoms with Gasteiger partial charge < -0.3 is 10.1 Å². The molecule has 2 aromatic carbocycles. The van der Waals surface area contributed by atoms with Crippen molar-refractivity contribution in [3.63, 3.8) is 0 Å². The van der Waals surface area contributed by atoms with Crippen molar-refractivity contribution in [2.75, 3.05) is 25.5 Å². The maximum absolute atomic E-state index is 13.1. The minimum absolute atomic E-state index is 0.111. The highest BCUT2D eigenvalue weighted by Crippen LogP contribution is 2.30. The Balaban J connectivity index is 1.82. The van der Waals surface area contributed by atoms with Crippen LogP contribution < -0.4 is 10.1 Å². The number of nitrogens with one attached hydrogen (secondary N) is 1. The normalized spacial score (nSPS) is 15.3. The summed E-state index contributed by atoms with van der Waals surface area (Å²) in [6.45, 7) is 2.89. The number of aryl methyl sites for hydroxylation is 1. The number of sulfonamides is 1.